The second kappa shape index (κ2) is 7.01. The number of hydrogen-bond acceptors (Lipinski definition) is 4. The van der Waals surface area contributed by atoms with Crippen LogP contribution in [0.3, 0.4) is 0 Å². The molecule has 0 unspecified atom stereocenters. The summed E-state index contributed by atoms with van der Waals surface area (Å²) in [7, 11) is 0. The monoisotopic (exact) mass is 276 g/mol. The Hall–Kier alpha value is -1.72. The largest absolute Gasteiger partial charge is 0.481 e. The zero-order chi connectivity index (χ0) is 13.5. The normalized spacial score (nSPS) is 10.5. The van der Waals surface area contributed by atoms with E-state index >= 15 is 0 Å². The van der Waals surface area contributed by atoms with E-state index in [2.05, 4.69) is 10.3 Å². The maximum absolute atomic E-state index is 10.4. The van der Waals surface area contributed by atoms with Crippen LogP contribution in [-0.2, 0) is 11.3 Å². The molecule has 0 amide bonds. The van der Waals surface area contributed by atoms with E-state index in [9.17, 15) is 4.79 Å². The van der Waals surface area contributed by atoms with Crippen LogP contribution >= 0.6 is 11.3 Å². The van der Waals surface area contributed by atoms with Gasteiger partial charge >= 0.3 is 5.97 Å². The van der Waals surface area contributed by atoms with Crippen molar-refractivity contribution in [1.29, 1.82) is 0 Å². The van der Waals surface area contributed by atoms with Crippen LogP contribution in [0.25, 0.3) is 10.6 Å². The summed E-state index contributed by atoms with van der Waals surface area (Å²) in [6.45, 7) is 1.38. The lowest BCUT2D eigenvalue weighted by atomic mass is 10.2. The molecule has 2 aromatic rings. The summed E-state index contributed by atoms with van der Waals surface area (Å²) in [5, 5.41) is 14.8. The topological polar surface area (TPSA) is 62.2 Å². The van der Waals surface area contributed by atoms with Gasteiger partial charge in [-0.25, -0.2) is 4.98 Å². The number of carbonyl (C=O) groups is 1. The molecule has 0 saturated heterocycles. The Morgan fingerprint density at radius 2 is 2.11 bits per heavy atom. The molecule has 1 aromatic carbocycles. The van der Waals surface area contributed by atoms with E-state index < -0.39 is 5.97 Å². The van der Waals surface area contributed by atoms with Crippen LogP contribution in [0.5, 0.6) is 0 Å². The van der Waals surface area contributed by atoms with Crippen molar-refractivity contribution >= 4 is 17.3 Å². The fourth-order valence-corrected chi connectivity index (χ4v) is 2.51. The number of benzene rings is 1. The molecular formula is C14H16N2O2S. The first kappa shape index (κ1) is 13.7. The quantitative estimate of drug-likeness (QED) is 0.763. The van der Waals surface area contributed by atoms with E-state index in [0.29, 0.717) is 19.5 Å². The van der Waals surface area contributed by atoms with Crippen LogP contribution in [0.4, 0.5) is 0 Å². The Balaban J connectivity index is 1.80. The van der Waals surface area contributed by atoms with E-state index in [4.69, 9.17) is 5.11 Å². The highest BCUT2D eigenvalue weighted by molar-refractivity contribution is 7.13. The van der Waals surface area contributed by atoms with Gasteiger partial charge in [-0.1, -0.05) is 30.3 Å². The van der Waals surface area contributed by atoms with Crippen molar-refractivity contribution in [3.05, 3.63) is 41.4 Å². The summed E-state index contributed by atoms with van der Waals surface area (Å²) >= 11 is 1.63. The summed E-state index contributed by atoms with van der Waals surface area (Å²) in [4.78, 5) is 14.9. The molecule has 0 atom stereocenters. The Morgan fingerprint density at radius 1 is 1.32 bits per heavy atom. The van der Waals surface area contributed by atoms with Gasteiger partial charge < -0.3 is 10.4 Å². The molecule has 19 heavy (non-hydrogen) atoms. The molecule has 0 saturated carbocycles. The van der Waals surface area contributed by atoms with Crippen molar-refractivity contribution in [1.82, 2.24) is 10.3 Å². The summed E-state index contributed by atoms with van der Waals surface area (Å²) in [6, 6.07) is 10.1. The molecule has 0 bridgehead atoms. The van der Waals surface area contributed by atoms with E-state index in [1.54, 1.807) is 11.3 Å². The minimum absolute atomic E-state index is 0.208. The highest BCUT2D eigenvalue weighted by atomic mass is 32.1. The van der Waals surface area contributed by atoms with E-state index in [1.807, 2.05) is 35.7 Å². The second-order valence-electron chi connectivity index (χ2n) is 4.18. The molecule has 4 nitrogen and oxygen atoms in total. The number of thiazole rings is 1. The van der Waals surface area contributed by atoms with E-state index in [-0.39, 0.29) is 6.42 Å². The summed E-state index contributed by atoms with van der Waals surface area (Å²) in [6.07, 6.45) is 0.852. The highest BCUT2D eigenvalue weighted by Gasteiger charge is 2.04. The Kier molecular flexibility index (Phi) is 5.06. The number of aromatic nitrogens is 1. The van der Waals surface area contributed by atoms with Gasteiger partial charge in [-0.2, -0.15) is 0 Å². The van der Waals surface area contributed by atoms with E-state index in [0.717, 1.165) is 16.3 Å². The van der Waals surface area contributed by atoms with Gasteiger partial charge in [0.25, 0.3) is 0 Å². The second-order valence-corrected chi connectivity index (χ2v) is 5.04. The van der Waals surface area contributed by atoms with Gasteiger partial charge in [-0.3, -0.25) is 4.79 Å². The Morgan fingerprint density at radius 3 is 2.84 bits per heavy atom. The molecule has 5 heteroatoms. The molecule has 0 aliphatic carbocycles. The van der Waals surface area contributed by atoms with Crippen molar-refractivity contribution in [2.45, 2.75) is 19.4 Å². The average Bonchev–Trinajstić information content (AvgIpc) is 2.88. The molecule has 1 heterocycles. The lowest BCUT2D eigenvalue weighted by Crippen LogP contribution is -2.15. The molecule has 2 N–H and O–H groups in total. The molecule has 0 radical (unpaired) electrons. The van der Waals surface area contributed by atoms with Crippen LogP contribution in [-0.4, -0.2) is 22.6 Å². The van der Waals surface area contributed by atoms with Gasteiger partial charge in [0, 0.05) is 23.9 Å². The zero-order valence-corrected chi connectivity index (χ0v) is 11.3. The number of rotatable bonds is 7. The van der Waals surface area contributed by atoms with Crippen LogP contribution in [0, 0.1) is 0 Å². The molecule has 0 aliphatic rings. The standard InChI is InChI=1S/C14H16N2O2S/c17-13(18)7-4-8-15-9-12-10-19-14(16-12)11-5-2-1-3-6-11/h1-3,5-6,10,15H,4,7-9H2,(H,17,18). The Bertz CT molecular complexity index is 525. The third-order valence-electron chi connectivity index (χ3n) is 2.62. The number of carboxylic acids is 1. The van der Waals surface area contributed by atoms with E-state index in [1.165, 1.54) is 0 Å². The summed E-state index contributed by atoms with van der Waals surface area (Å²) < 4.78 is 0. The zero-order valence-electron chi connectivity index (χ0n) is 10.5. The number of aliphatic carboxylic acids is 1. The van der Waals surface area contributed by atoms with Gasteiger partial charge in [0.05, 0.1) is 5.69 Å². The van der Waals surface area contributed by atoms with Crippen molar-refractivity contribution in [2.75, 3.05) is 6.54 Å². The Labute approximate surface area is 116 Å². The number of hydrogen-bond donors (Lipinski definition) is 2. The highest BCUT2D eigenvalue weighted by Crippen LogP contribution is 2.22. The maximum atomic E-state index is 10.4. The van der Waals surface area contributed by atoms with Gasteiger partial charge in [0.2, 0.25) is 0 Å². The number of nitrogens with one attached hydrogen (secondary N) is 1. The first-order chi connectivity index (χ1) is 9.25. The molecule has 1 aromatic heterocycles. The van der Waals surface area contributed by atoms with Crippen molar-refractivity contribution < 1.29 is 9.90 Å². The van der Waals surface area contributed by atoms with Gasteiger partial charge in [0.15, 0.2) is 0 Å². The van der Waals surface area contributed by atoms with Crippen LogP contribution in [0.2, 0.25) is 0 Å². The number of nitrogens with zero attached hydrogens (tertiary/aromatic N) is 1. The lowest BCUT2D eigenvalue weighted by molar-refractivity contribution is -0.137. The van der Waals surface area contributed by atoms with Crippen LogP contribution < -0.4 is 5.32 Å². The molecule has 2 rings (SSSR count). The summed E-state index contributed by atoms with van der Waals surface area (Å²) in [5.41, 5.74) is 2.13. The maximum Gasteiger partial charge on any atom is 0.303 e. The molecule has 0 spiro atoms. The molecule has 0 fully saturated rings. The minimum Gasteiger partial charge on any atom is -0.481 e. The predicted octanol–water partition coefficient (Wildman–Crippen LogP) is 2.76. The first-order valence-corrected chi connectivity index (χ1v) is 7.06. The van der Waals surface area contributed by atoms with Gasteiger partial charge in [-0.15, -0.1) is 11.3 Å². The molecule has 0 aliphatic heterocycles. The predicted molar refractivity (Wildman–Crippen MR) is 76.1 cm³/mol. The minimum atomic E-state index is -0.748. The van der Waals surface area contributed by atoms with Gasteiger partial charge in [-0.05, 0) is 13.0 Å². The third kappa shape index (κ3) is 4.46. The van der Waals surface area contributed by atoms with Crippen LogP contribution in [0.15, 0.2) is 35.7 Å². The average molecular weight is 276 g/mol. The SMILES string of the molecule is O=C(O)CCCNCc1csc(-c2ccccc2)n1. The first-order valence-electron chi connectivity index (χ1n) is 6.18. The smallest absolute Gasteiger partial charge is 0.303 e. The third-order valence-corrected chi connectivity index (χ3v) is 3.56. The molecule has 100 valence electrons. The van der Waals surface area contributed by atoms with Crippen molar-refractivity contribution in [2.24, 2.45) is 0 Å². The fourth-order valence-electron chi connectivity index (χ4n) is 1.68. The lowest BCUT2D eigenvalue weighted by Gasteiger charge is -2.00. The van der Waals surface area contributed by atoms with Crippen molar-refractivity contribution in [3.8, 4) is 10.6 Å². The number of carboxylic acid groups (broad SMARTS) is 1. The van der Waals surface area contributed by atoms with Gasteiger partial charge in [0.1, 0.15) is 5.01 Å². The van der Waals surface area contributed by atoms with Crippen molar-refractivity contribution in [3.63, 3.8) is 0 Å². The fraction of sp³-hybridized carbons (Fsp3) is 0.286. The summed E-state index contributed by atoms with van der Waals surface area (Å²) in [5.74, 6) is -0.748. The van der Waals surface area contributed by atoms with Crippen LogP contribution in [0.1, 0.15) is 18.5 Å². The molecular weight excluding hydrogens is 260 g/mol.